The summed E-state index contributed by atoms with van der Waals surface area (Å²) in [5.74, 6) is -1.14. The number of allylic oxidation sites excluding steroid dienone is 1. The van der Waals surface area contributed by atoms with Gasteiger partial charge < -0.3 is 14.7 Å². The van der Waals surface area contributed by atoms with Gasteiger partial charge in [-0.2, -0.15) is 0 Å². The zero-order valence-electron chi connectivity index (χ0n) is 27.2. The number of sulfonamides is 1. The number of carbonyl (C=O) groups is 1. The van der Waals surface area contributed by atoms with Crippen LogP contribution in [0.1, 0.15) is 73.1 Å². The van der Waals surface area contributed by atoms with E-state index in [0.29, 0.717) is 48.3 Å². The Morgan fingerprint density at radius 1 is 1.12 bits per heavy atom. The Bertz CT molecular complexity index is 1870. The number of benzene rings is 2. The highest BCUT2D eigenvalue weighted by molar-refractivity contribution is 7.90. The molecule has 2 bridgehead atoms. The van der Waals surface area contributed by atoms with E-state index in [1.54, 1.807) is 44.2 Å². The van der Waals surface area contributed by atoms with Gasteiger partial charge in [0.1, 0.15) is 17.2 Å². The molecule has 1 saturated carbocycles. The molecule has 7 rings (SSSR count). The van der Waals surface area contributed by atoms with E-state index in [-0.39, 0.29) is 28.7 Å². The lowest BCUT2D eigenvalue weighted by atomic mass is 9.63. The molecule has 3 heterocycles. The summed E-state index contributed by atoms with van der Waals surface area (Å²) < 4.78 is 49.7. The summed E-state index contributed by atoms with van der Waals surface area (Å²) in [5.41, 5.74) is 1.83. The van der Waals surface area contributed by atoms with E-state index in [1.165, 1.54) is 23.3 Å². The highest BCUT2D eigenvalue weighted by atomic mass is 35.5. The van der Waals surface area contributed by atoms with Crippen LogP contribution in [-0.2, 0) is 27.5 Å². The number of fused-ring (bicyclic) bond motifs is 4. The highest BCUT2D eigenvalue weighted by Gasteiger charge is 2.49. The number of nitrogens with one attached hydrogen (secondary N) is 1. The molecule has 6 atom stereocenters. The summed E-state index contributed by atoms with van der Waals surface area (Å²) in [6.07, 6.45) is 9.35. The molecule has 2 aliphatic carbocycles. The maximum Gasteiger partial charge on any atom is 0.264 e. The Hall–Kier alpha value is -3.47. The number of aliphatic hydroxyl groups is 1. The van der Waals surface area contributed by atoms with Crippen molar-refractivity contribution >= 4 is 33.2 Å². The molecule has 2 aromatic carbocycles. The predicted molar refractivity (Wildman–Crippen MR) is 183 cm³/mol. The predicted octanol–water partition coefficient (Wildman–Crippen LogP) is 6.31. The fourth-order valence-electron chi connectivity index (χ4n) is 8.16. The molecule has 11 heteroatoms. The second-order valence-electron chi connectivity index (χ2n) is 14.2. The van der Waals surface area contributed by atoms with Crippen LogP contribution < -0.4 is 14.4 Å². The number of hydrogen-bond donors (Lipinski definition) is 2. The molecule has 254 valence electrons. The van der Waals surface area contributed by atoms with Crippen LogP contribution in [-0.4, -0.2) is 49.4 Å². The molecule has 2 N–H and O–H groups in total. The van der Waals surface area contributed by atoms with E-state index >= 15 is 0 Å². The van der Waals surface area contributed by atoms with E-state index in [1.807, 2.05) is 12.1 Å². The van der Waals surface area contributed by atoms with Gasteiger partial charge >= 0.3 is 0 Å². The number of halogens is 2. The number of pyridine rings is 1. The zero-order valence-corrected chi connectivity index (χ0v) is 28.7. The van der Waals surface area contributed by atoms with Crippen molar-refractivity contribution in [2.75, 3.05) is 24.6 Å². The second kappa shape index (κ2) is 12.4. The van der Waals surface area contributed by atoms with Crippen molar-refractivity contribution < 1.29 is 27.4 Å². The van der Waals surface area contributed by atoms with Gasteiger partial charge in [0.05, 0.1) is 29.4 Å². The lowest BCUT2D eigenvalue weighted by Crippen LogP contribution is -2.51. The van der Waals surface area contributed by atoms with Crippen molar-refractivity contribution in [3.05, 3.63) is 100 Å². The number of carbonyl (C=O) groups excluding carboxylic acids is 1. The van der Waals surface area contributed by atoms with Crippen LogP contribution in [0.3, 0.4) is 0 Å². The first kappa shape index (κ1) is 33.0. The minimum Gasteiger partial charge on any atom is -0.490 e. The van der Waals surface area contributed by atoms with E-state index in [0.717, 1.165) is 38.3 Å². The number of amides is 1. The van der Waals surface area contributed by atoms with Gasteiger partial charge in [-0.05, 0) is 111 Å². The smallest absolute Gasteiger partial charge is 0.264 e. The summed E-state index contributed by atoms with van der Waals surface area (Å²) in [4.78, 5) is 20.1. The number of ether oxygens (including phenoxy) is 1. The Balaban J connectivity index is 1.35. The minimum absolute atomic E-state index is 0.0323. The first-order valence-corrected chi connectivity index (χ1v) is 18.7. The number of hydrogen-bond acceptors (Lipinski definition) is 7. The molecular weight excluding hydrogens is 653 g/mol. The van der Waals surface area contributed by atoms with Gasteiger partial charge in [0.25, 0.3) is 5.91 Å². The summed E-state index contributed by atoms with van der Waals surface area (Å²) in [7, 11) is -4.04. The normalized spacial score (nSPS) is 32.1. The van der Waals surface area contributed by atoms with Gasteiger partial charge in [0.2, 0.25) is 10.0 Å². The van der Waals surface area contributed by atoms with Crippen LogP contribution in [0.5, 0.6) is 5.75 Å². The van der Waals surface area contributed by atoms with Crippen molar-refractivity contribution in [2.45, 2.75) is 68.6 Å². The third-order valence-electron chi connectivity index (χ3n) is 11.3. The molecule has 0 saturated heterocycles. The lowest BCUT2D eigenvalue weighted by molar-refractivity contribution is -0.0530. The average Bonchev–Trinajstić information content (AvgIpc) is 3.19. The minimum atomic E-state index is -4.04. The third-order valence-corrected chi connectivity index (χ3v) is 13.4. The Kier molecular flexibility index (Phi) is 8.57. The molecule has 48 heavy (non-hydrogen) atoms. The van der Waals surface area contributed by atoms with Crippen molar-refractivity contribution in [1.82, 2.24) is 9.71 Å². The van der Waals surface area contributed by atoms with Crippen LogP contribution in [0.25, 0.3) is 0 Å². The molecule has 1 fully saturated rings. The van der Waals surface area contributed by atoms with Gasteiger partial charge in [-0.3, -0.25) is 9.78 Å². The SMILES string of the molecule is C[C@@H]1[C@@H](C)C/C=C\[C@](O)(c2ccc(F)cn2)[C@@H]2CC[C@H]2CN2C[C@@]3(CCCc4cc(Cl)ccc43)COc3ccc(cc32)C(=O)NS1(=O)=O. The topological polar surface area (TPSA) is 109 Å². The van der Waals surface area contributed by atoms with Crippen LogP contribution in [0.2, 0.25) is 5.02 Å². The Labute approximate surface area is 286 Å². The van der Waals surface area contributed by atoms with Crippen LogP contribution in [0.4, 0.5) is 10.1 Å². The molecular formula is C37H41ClFN3O5S. The molecule has 1 amide bonds. The molecule has 1 spiro atoms. The van der Waals surface area contributed by atoms with Crippen LogP contribution >= 0.6 is 11.6 Å². The van der Waals surface area contributed by atoms with Gasteiger partial charge in [-0.1, -0.05) is 36.7 Å². The number of anilines is 1. The summed E-state index contributed by atoms with van der Waals surface area (Å²) in [6.45, 7) is 4.96. The average molecular weight is 694 g/mol. The monoisotopic (exact) mass is 693 g/mol. The Morgan fingerprint density at radius 3 is 2.71 bits per heavy atom. The van der Waals surface area contributed by atoms with Crippen molar-refractivity contribution in [2.24, 2.45) is 17.8 Å². The molecule has 8 nitrogen and oxygen atoms in total. The summed E-state index contributed by atoms with van der Waals surface area (Å²) in [6, 6.07) is 14.0. The van der Waals surface area contributed by atoms with Gasteiger partial charge in [-0.25, -0.2) is 17.5 Å². The molecule has 3 aromatic rings. The number of aryl methyl sites for hydroxylation is 1. The molecule has 2 aliphatic heterocycles. The number of rotatable bonds is 1. The fourth-order valence-corrected chi connectivity index (χ4v) is 9.64. The van der Waals surface area contributed by atoms with Crippen LogP contribution in [0, 0.1) is 23.6 Å². The molecule has 1 aromatic heterocycles. The molecule has 0 unspecified atom stereocenters. The maximum atomic E-state index is 14.0. The van der Waals surface area contributed by atoms with Crippen LogP contribution in [0.15, 0.2) is 66.9 Å². The van der Waals surface area contributed by atoms with Crippen molar-refractivity contribution in [3.63, 3.8) is 0 Å². The van der Waals surface area contributed by atoms with E-state index < -0.39 is 32.6 Å². The number of aromatic nitrogens is 1. The summed E-state index contributed by atoms with van der Waals surface area (Å²) in [5, 5.41) is 12.2. The summed E-state index contributed by atoms with van der Waals surface area (Å²) >= 11 is 6.42. The molecule has 0 radical (unpaired) electrons. The van der Waals surface area contributed by atoms with E-state index in [2.05, 4.69) is 20.7 Å². The zero-order chi connectivity index (χ0) is 33.8. The van der Waals surface area contributed by atoms with Gasteiger partial charge in [0, 0.05) is 35.0 Å². The standard InChI is InChI=1S/C37H41ClFN3O5S/c1-23-5-3-16-37(44,34-14-10-29(39)19-40-34)31-11-7-27(31)20-42-21-36(15-4-6-25-17-28(38)9-12-30(25)36)22-47-33-13-8-26(18-32(33)42)35(43)41-48(45,46)24(23)2/h3,8-10,12-14,16-19,23-24,27,31,44H,4-7,11,15,20-22H2,1-2H3,(H,41,43)/b16-3-/t23-,24+,27-,31+,36-,37+/m0/s1. The second-order valence-corrected chi connectivity index (χ2v) is 16.7. The maximum absolute atomic E-state index is 14.0. The van der Waals surface area contributed by atoms with Crippen molar-refractivity contribution in [3.8, 4) is 5.75 Å². The third kappa shape index (κ3) is 5.90. The Morgan fingerprint density at radius 2 is 1.96 bits per heavy atom. The first-order valence-electron chi connectivity index (χ1n) is 16.8. The first-order chi connectivity index (χ1) is 22.9. The van der Waals surface area contributed by atoms with E-state index in [4.69, 9.17) is 16.3 Å². The lowest BCUT2D eigenvalue weighted by Gasteiger charge is -2.49. The highest BCUT2D eigenvalue weighted by Crippen LogP contribution is 2.50. The van der Waals surface area contributed by atoms with E-state index in [9.17, 15) is 22.7 Å². The molecule has 4 aliphatic rings. The number of nitrogens with zero attached hydrogens (tertiary/aromatic N) is 2. The quantitative estimate of drug-likeness (QED) is 0.288. The van der Waals surface area contributed by atoms with Gasteiger partial charge in [0.15, 0.2) is 0 Å². The largest absolute Gasteiger partial charge is 0.490 e. The van der Waals surface area contributed by atoms with Gasteiger partial charge in [-0.15, -0.1) is 0 Å². The fraction of sp³-hybridized carbons (Fsp3) is 0.459. The van der Waals surface area contributed by atoms with Crippen molar-refractivity contribution in [1.29, 1.82) is 0 Å².